The second-order valence-electron chi connectivity index (χ2n) is 4.91. The molecular formula is C11H19N3S. The molecule has 1 aromatic heterocycles. The van der Waals surface area contributed by atoms with Crippen LogP contribution in [0.1, 0.15) is 51.8 Å². The summed E-state index contributed by atoms with van der Waals surface area (Å²) in [6, 6.07) is 0.491. The predicted molar refractivity (Wildman–Crippen MR) is 64.4 cm³/mol. The minimum atomic E-state index is 0.491. The lowest BCUT2D eigenvalue weighted by atomic mass is 10.1. The minimum absolute atomic E-state index is 0.491. The van der Waals surface area contributed by atoms with E-state index in [0.29, 0.717) is 12.0 Å². The fourth-order valence-corrected chi connectivity index (χ4v) is 2.54. The summed E-state index contributed by atoms with van der Waals surface area (Å²) in [4.78, 5) is 4.52. The molecule has 1 aromatic rings. The van der Waals surface area contributed by atoms with E-state index >= 15 is 0 Å². The van der Waals surface area contributed by atoms with Crippen molar-refractivity contribution < 1.29 is 0 Å². The van der Waals surface area contributed by atoms with Gasteiger partial charge in [0.2, 0.25) is 5.13 Å². The molecule has 0 radical (unpaired) electrons. The van der Waals surface area contributed by atoms with Gasteiger partial charge in [0.1, 0.15) is 5.82 Å². The van der Waals surface area contributed by atoms with Gasteiger partial charge in [0.05, 0.1) is 0 Å². The lowest BCUT2D eigenvalue weighted by Gasteiger charge is -2.14. The number of hydrogen-bond acceptors (Lipinski definition) is 4. The predicted octanol–water partition coefficient (Wildman–Crippen LogP) is 3.26. The molecule has 0 bridgehead atoms. The van der Waals surface area contributed by atoms with Crippen molar-refractivity contribution in [3.63, 3.8) is 0 Å². The van der Waals surface area contributed by atoms with Crippen molar-refractivity contribution in [3.05, 3.63) is 5.82 Å². The molecule has 1 aliphatic rings. The molecule has 3 nitrogen and oxygen atoms in total. The Kier molecular flexibility index (Phi) is 3.24. The Balaban J connectivity index is 1.86. The SMILES string of the molecule is CC(C)CC(C)Nc1nc(C2CC2)ns1. The van der Waals surface area contributed by atoms with Gasteiger partial charge in [-0.2, -0.15) is 4.37 Å². The molecule has 1 heterocycles. The van der Waals surface area contributed by atoms with E-state index in [9.17, 15) is 0 Å². The first-order chi connectivity index (χ1) is 7.15. The van der Waals surface area contributed by atoms with Gasteiger partial charge in [0.25, 0.3) is 0 Å². The third-order valence-electron chi connectivity index (χ3n) is 2.58. The van der Waals surface area contributed by atoms with Gasteiger partial charge in [-0.3, -0.25) is 0 Å². The zero-order chi connectivity index (χ0) is 10.8. The van der Waals surface area contributed by atoms with Gasteiger partial charge >= 0.3 is 0 Å². The van der Waals surface area contributed by atoms with E-state index in [1.165, 1.54) is 30.8 Å². The normalized spacial score (nSPS) is 18.1. The van der Waals surface area contributed by atoms with Crippen LogP contribution < -0.4 is 5.32 Å². The number of anilines is 1. The molecule has 1 unspecified atom stereocenters. The average molecular weight is 225 g/mol. The van der Waals surface area contributed by atoms with Crippen LogP contribution in [0.25, 0.3) is 0 Å². The van der Waals surface area contributed by atoms with E-state index in [2.05, 4.69) is 35.4 Å². The number of aromatic nitrogens is 2. The van der Waals surface area contributed by atoms with Crippen molar-refractivity contribution >= 4 is 16.7 Å². The van der Waals surface area contributed by atoms with Crippen molar-refractivity contribution in [2.45, 2.75) is 52.0 Å². The Morgan fingerprint density at radius 3 is 2.73 bits per heavy atom. The Hall–Kier alpha value is -0.640. The second-order valence-corrected chi connectivity index (χ2v) is 5.66. The monoisotopic (exact) mass is 225 g/mol. The average Bonchev–Trinajstić information content (AvgIpc) is 2.87. The minimum Gasteiger partial charge on any atom is -0.358 e. The summed E-state index contributed by atoms with van der Waals surface area (Å²) in [7, 11) is 0. The van der Waals surface area contributed by atoms with Crippen LogP contribution in [0.5, 0.6) is 0 Å². The first-order valence-electron chi connectivity index (χ1n) is 5.75. The molecule has 0 saturated heterocycles. The van der Waals surface area contributed by atoms with Crippen LogP contribution >= 0.6 is 11.5 Å². The van der Waals surface area contributed by atoms with Gasteiger partial charge in [-0.15, -0.1) is 0 Å². The van der Waals surface area contributed by atoms with Crippen molar-refractivity contribution in [2.75, 3.05) is 5.32 Å². The number of nitrogens with zero attached hydrogens (tertiary/aromatic N) is 2. The molecule has 84 valence electrons. The van der Waals surface area contributed by atoms with Gasteiger partial charge in [-0.1, -0.05) is 13.8 Å². The standard InChI is InChI=1S/C11H19N3S/c1-7(2)6-8(3)12-11-13-10(14-15-11)9-4-5-9/h7-9H,4-6H2,1-3H3,(H,12,13,14). The molecule has 1 atom stereocenters. The van der Waals surface area contributed by atoms with Gasteiger partial charge in [0.15, 0.2) is 0 Å². The number of nitrogens with one attached hydrogen (secondary N) is 1. The molecule has 2 rings (SSSR count). The third kappa shape index (κ3) is 3.16. The van der Waals surface area contributed by atoms with Crippen LogP contribution in [0, 0.1) is 5.92 Å². The molecule has 1 fully saturated rings. The topological polar surface area (TPSA) is 37.8 Å². The van der Waals surface area contributed by atoms with E-state index in [-0.39, 0.29) is 0 Å². The van der Waals surface area contributed by atoms with E-state index < -0.39 is 0 Å². The van der Waals surface area contributed by atoms with Crippen LogP contribution in [0.4, 0.5) is 5.13 Å². The van der Waals surface area contributed by atoms with Crippen molar-refractivity contribution in [2.24, 2.45) is 5.92 Å². The molecule has 1 saturated carbocycles. The summed E-state index contributed by atoms with van der Waals surface area (Å²) < 4.78 is 4.38. The molecule has 0 amide bonds. The Labute approximate surface area is 95.5 Å². The highest BCUT2D eigenvalue weighted by Gasteiger charge is 2.27. The maximum absolute atomic E-state index is 4.52. The highest BCUT2D eigenvalue weighted by molar-refractivity contribution is 7.09. The molecule has 0 spiro atoms. The van der Waals surface area contributed by atoms with Gasteiger partial charge < -0.3 is 5.32 Å². The lowest BCUT2D eigenvalue weighted by molar-refractivity contribution is 0.539. The summed E-state index contributed by atoms with van der Waals surface area (Å²) in [6.07, 6.45) is 3.73. The Bertz CT molecular complexity index is 317. The van der Waals surface area contributed by atoms with E-state index in [4.69, 9.17) is 0 Å². The van der Waals surface area contributed by atoms with E-state index in [0.717, 1.165) is 16.9 Å². The van der Waals surface area contributed by atoms with Crippen LogP contribution in [0.2, 0.25) is 0 Å². The van der Waals surface area contributed by atoms with Crippen molar-refractivity contribution in [1.82, 2.24) is 9.36 Å². The molecule has 0 aromatic carbocycles. The number of rotatable bonds is 5. The fourth-order valence-electron chi connectivity index (χ4n) is 1.78. The van der Waals surface area contributed by atoms with Crippen molar-refractivity contribution in [1.29, 1.82) is 0 Å². The summed E-state index contributed by atoms with van der Waals surface area (Å²) >= 11 is 1.50. The van der Waals surface area contributed by atoms with Crippen LogP contribution in [0.3, 0.4) is 0 Å². The highest BCUT2D eigenvalue weighted by Crippen LogP contribution is 2.39. The maximum Gasteiger partial charge on any atom is 0.202 e. The summed E-state index contributed by atoms with van der Waals surface area (Å²) in [5.41, 5.74) is 0. The van der Waals surface area contributed by atoms with Crippen LogP contribution in [-0.4, -0.2) is 15.4 Å². The quantitative estimate of drug-likeness (QED) is 0.835. The fraction of sp³-hybridized carbons (Fsp3) is 0.818. The van der Waals surface area contributed by atoms with Gasteiger partial charge in [-0.25, -0.2) is 4.98 Å². The maximum atomic E-state index is 4.52. The summed E-state index contributed by atoms with van der Waals surface area (Å²) in [5.74, 6) is 2.44. The molecule has 1 N–H and O–H groups in total. The summed E-state index contributed by atoms with van der Waals surface area (Å²) in [5, 5.41) is 4.41. The summed E-state index contributed by atoms with van der Waals surface area (Å²) in [6.45, 7) is 6.69. The molecule has 4 heteroatoms. The van der Waals surface area contributed by atoms with E-state index in [1.807, 2.05) is 0 Å². The largest absolute Gasteiger partial charge is 0.358 e. The molecule has 0 aliphatic heterocycles. The van der Waals surface area contributed by atoms with E-state index in [1.54, 1.807) is 0 Å². The first kappa shape index (κ1) is 10.9. The smallest absolute Gasteiger partial charge is 0.202 e. The second kappa shape index (κ2) is 4.47. The van der Waals surface area contributed by atoms with Crippen LogP contribution in [0.15, 0.2) is 0 Å². The Morgan fingerprint density at radius 2 is 2.13 bits per heavy atom. The highest BCUT2D eigenvalue weighted by atomic mass is 32.1. The molecular weight excluding hydrogens is 206 g/mol. The number of hydrogen-bond donors (Lipinski definition) is 1. The molecule has 15 heavy (non-hydrogen) atoms. The zero-order valence-corrected chi connectivity index (χ0v) is 10.5. The lowest BCUT2D eigenvalue weighted by Crippen LogP contribution is -2.17. The first-order valence-corrected chi connectivity index (χ1v) is 6.52. The molecule has 1 aliphatic carbocycles. The third-order valence-corrected chi connectivity index (χ3v) is 3.24. The van der Waals surface area contributed by atoms with Crippen LogP contribution in [-0.2, 0) is 0 Å². The van der Waals surface area contributed by atoms with Crippen molar-refractivity contribution in [3.8, 4) is 0 Å². The zero-order valence-electron chi connectivity index (χ0n) is 9.66. The van der Waals surface area contributed by atoms with Gasteiger partial charge in [-0.05, 0) is 32.1 Å². The van der Waals surface area contributed by atoms with Gasteiger partial charge in [0, 0.05) is 23.5 Å². The Morgan fingerprint density at radius 1 is 1.40 bits per heavy atom.